The van der Waals surface area contributed by atoms with Crippen LogP contribution in [0.4, 0.5) is 5.69 Å². The highest BCUT2D eigenvalue weighted by molar-refractivity contribution is 7.90. The van der Waals surface area contributed by atoms with Crippen molar-refractivity contribution in [1.82, 2.24) is 4.90 Å². The number of benzene rings is 2. The minimum atomic E-state index is -3.70. The largest absolute Gasteiger partial charge is 0.465 e. The van der Waals surface area contributed by atoms with Crippen molar-refractivity contribution in [3.05, 3.63) is 59.7 Å². The van der Waals surface area contributed by atoms with Gasteiger partial charge in [0.15, 0.2) is 5.84 Å². The third-order valence-electron chi connectivity index (χ3n) is 5.26. The van der Waals surface area contributed by atoms with Gasteiger partial charge in [0.25, 0.3) is 10.0 Å². The van der Waals surface area contributed by atoms with Gasteiger partial charge in [-0.05, 0) is 43.2 Å². The molecular weight excluding hydrogens is 406 g/mol. The van der Waals surface area contributed by atoms with E-state index >= 15 is 0 Å². The number of hydrogen-bond donors (Lipinski definition) is 1. The second-order valence-electron chi connectivity index (χ2n) is 7.23. The summed E-state index contributed by atoms with van der Waals surface area (Å²) in [6.07, 6.45) is 1.42. The lowest BCUT2D eigenvalue weighted by Crippen LogP contribution is -2.43. The van der Waals surface area contributed by atoms with Gasteiger partial charge in [-0.2, -0.15) is 8.42 Å². The van der Waals surface area contributed by atoms with Crippen molar-refractivity contribution in [1.29, 1.82) is 0 Å². The first kappa shape index (κ1) is 20.1. The number of rotatable bonds is 3. The molecule has 2 aliphatic heterocycles. The first-order chi connectivity index (χ1) is 14.4. The Hall–Kier alpha value is -3.20. The van der Waals surface area contributed by atoms with Crippen LogP contribution in [0.3, 0.4) is 0 Å². The van der Waals surface area contributed by atoms with Crippen LogP contribution in [-0.2, 0) is 19.6 Å². The molecule has 0 radical (unpaired) electrons. The number of methoxy groups -OCH3 is 1. The van der Waals surface area contributed by atoms with E-state index < -0.39 is 16.0 Å². The molecule has 2 aromatic carbocycles. The van der Waals surface area contributed by atoms with Gasteiger partial charge in [0.05, 0.1) is 18.6 Å². The van der Waals surface area contributed by atoms with Crippen LogP contribution < -0.4 is 5.32 Å². The lowest BCUT2D eigenvalue weighted by atomic mass is 9.96. The zero-order valence-corrected chi connectivity index (χ0v) is 17.2. The number of anilines is 1. The predicted octanol–water partition coefficient (Wildman–Crippen LogP) is 2.27. The van der Waals surface area contributed by atoms with Crippen molar-refractivity contribution >= 4 is 33.4 Å². The maximum Gasteiger partial charge on any atom is 0.337 e. The number of fused-ring (bicyclic) bond motifs is 1. The van der Waals surface area contributed by atoms with Crippen molar-refractivity contribution in [3.63, 3.8) is 0 Å². The second kappa shape index (κ2) is 7.91. The van der Waals surface area contributed by atoms with Gasteiger partial charge in [0.2, 0.25) is 5.91 Å². The Morgan fingerprint density at radius 3 is 2.77 bits per heavy atom. The number of esters is 1. The molecule has 1 amide bonds. The second-order valence-corrected chi connectivity index (χ2v) is 8.81. The molecule has 2 heterocycles. The van der Waals surface area contributed by atoms with E-state index in [1.807, 2.05) is 4.90 Å². The number of amidine groups is 1. The number of hydrogen-bond acceptors (Lipinski definition) is 6. The number of amides is 1. The average molecular weight is 427 g/mol. The molecule has 1 fully saturated rings. The third-order valence-corrected chi connectivity index (χ3v) is 6.58. The Bertz CT molecular complexity index is 1140. The normalized spacial score (nSPS) is 19.6. The first-order valence-electron chi connectivity index (χ1n) is 9.57. The highest BCUT2D eigenvalue weighted by Crippen LogP contribution is 2.30. The highest BCUT2D eigenvalue weighted by atomic mass is 32.2. The van der Waals surface area contributed by atoms with Crippen LogP contribution in [0.1, 0.15) is 28.8 Å². The van der Waals surface area contributed by atoms with Gasteiger partial charge in [-0.1, -0.05) is 18.2 Å². The van der Waals surface area contributed by atoms with Crippen molar-refractivity contribution in [2.75, 3.05) is 25.5 Å². The molecule has 0 aromatic heterocycles. The lowest BCUT2D eigenvalue weighted by molar-refractivity contribution is -0.121. The number of ether oxygens (including phenoxy) is 1. The van der Waals surface area contributed by atoms with Crippen LogP contribution in [0, 0.1) is 5.92 Å². The van der Waals surface area contributed by atoms with Crippen LogP contribution in [0.2, 0.25) is 0 Å². The number of piperidine rings is 1. The summed E-state index contributed by atoms with van der Waals surface area (Å²) < 4.78 is 33.4. The zero-order chi connectivity index (χ0) is 21.3. The first-order valence-corrected chi connectivity index (χ1v) is 11.0. The van der Waals surface area contributed by atoms with Gasteiger partial charge >= 0.3 is 5.97 Å². The smallest absolute Gasteiger partial charge is 0.337 e. The van der Waals surface area contributed by atoms with Gasteiger partial charge in [-0.3, -0.25) is 4.79 Å². The molecular formula is C21H21N3O5S. The molecule has 1 unspecified atom stereocenters. The minimum Gasteiger partial charge on any atom is -0.465 e. The van der Waals surface area contributed by atoms with Crippen molar-refractivity contribution in [3.8, 4) is 0 Å². The summed E-state index contributed by atoms with van der Waals surface area (Å²) in [5.74, 6) is -0.597. The summed E-state index contributed by atoms with van der Waals surface area (Å²) in [6, 6.07) is 13.3. The number of nitrogens with zero attached hydrogens (tertiary/aromatic N) is 2. The highest BCUT2D eigenvalue weighted by Gasteiger charge is 2.35. The Labute approximate surface area is 174 Å². The van der Waals surface area contributed by atoms with E-state index in [1.54, 1.807) is 48.5 Å². The monoisotopic (exact) mass is 427 g/mol. The molecule has 1 N–H and O–H groups in total. The Kier molecular flexibility index (Phi) is 5.29. The fourth-order valence-corrected chi connectivity index (χ4v) is 5.01. The Morgan fingerprint density at radius 1 is 1.17 bits per heavy atom. The fraction of sp³-hybridized carbons (Fsp3) is 0.286. The fourth-order valence-electron chi connectivity index (χ4n) is 3.79. The van der Waals surface area contributed by atoms with Crippen molar-refractivity contribution in [2.24, 2.45) is 10.3 Å². The predicted molar refractivity (Wildman–Crippen MR) is 111 cm³/mol. The van der Waals surface area contributed by atoms with E-state index in [1.165, 1.54) is 7.11 Å². The molecule has 2 aromatic rings. The standard InChI is InChI=1S/C21H21N3O5S/c1-29-21(26)14-6-4-8-16(12-14)22-20(25)15-7-5-11-24(13-15)19-17-9-2-3-10-18(17)30(27,28)23-19/h2-4,6,8-10,12,15H,5,7,11,13H2,1H3,(H,22,25). The van der Waals surface area contributed by atoms with Gasteiger partial charge in [0, 0.05) is 24.3 Å². The summed E-state index contributed by atoms with van der Waals surface area (Å²) in [7, 11) is -2.40. The molecule has 0 bridgehead atoms. The summed E-state index contributed by atoms with van der Waals surface area (Å²) in [5, 5.41) is 2.85. The molecule has 0 aliphatic carbocycles. The molecule has 1 atom stereocenters. The molecule has 1 saturated heterocycles. The topological polar surface area (TPSA) is 105 Å². The molecule has 156 valence electrons. The van der Waals surface area contributed by atoms with Crippen LogP contribution in [-0.4, -0.2) is 51.2 Å². The van der Waals surface area contributed by atoms with Gasteiger partial charge in [0.1, 0.15) is 4.90 Å². The third kappa shape index (κ3) is 3.80. The van der Waals surface area contributed by atoms with Gasteiger partial charge < -0.3 is 15.0 Å². The number of carbonyl (C=O) groups is 2. The van der Waals surface area contributed by atoms with E-state index in [0.29, 0.717) is 42.2 Å². The summed E-state index contributed by atoms with van der Waals surface area (Å²) in [5.41, 5.74) is 1.43. The summed E-state index contributed by atoms with van der Waals surface area (Å²) in [6.45, 7) is 0.996. The van der Waals surface area contributed by atoms with Crippen molar-refractivity contribution < 1.29 is 22.7 Å². The van der Waals surface area contributed by atoms with Crippen LogP contribution in [0.5, 0.6) is 0 Å². The SMILES string of the molecule is COC(=O)c1cccc(NC(=O)C2CCCN(C3=NS(=O)(=O)c4ccccc43)C2)c1. The summed E-state index contributed by atoms with van der Waals surface area (Å²) in [4.78, 5) is 26.6. The molecule has 0 spiro atoms. The number of sulfonamides is 1. The maximum absolute atomic E-state index is 12.8. The molecule has 9 heteroatoms. The Balaban J connectivity index is 1.50. The van der Waals surface area contributed by atoms with E-state index in [9.17, 15) is 18.0 Å². The van der Waals surface area contributed by atoms with Crippen LogP contribution in [0.15, 0.2) is 57.8 Å². The van der Waals surface area contributed by atoms with Gasteiger partial charge in [-0.15, -0.1) is 4.40 Å². The average Bonchev–Trinajstić information content (AvgIpc) is 3.04. The number of likely N-dealkylation sites (tertiary alicyclic amines) is 1. The number of nitrogens with one attached hydrogen (secondary N) is 1. The van der Waals surface area contributed by atoms with E-state index in [-0.39, 0.29) is 16.7 Å². The quantitative estimate of drug-likeness (QED) is 0.754. The molecule has 8 nitrogen and oxygen atoms in total. The van der Waals surface area contributed by atoms with Gasteiger partial charge in [-0.25, -0.2) is 4.79 Å². The molecule has 0 saturated carbocycles. The zero-order valence-electron chi connectivity index (χ0n) is 16.4. The van der Waals surface area contributed by atoms with E-state index in [0.717, 1.165) is 6.42 Å². The minimum absolute atomic E-state index is 0.184. The van der Waals surface area contributed by atoms with E-state index in [4.69, 9.17) is 4.74 Å². The van der Waals surface area contributed by atoms with E-state index in [2.05, 4.69) is 9.71 Å². The number of carbonyl (C=O) groups excluding carboxylic acids is 2. The maximum atomic E-state index is 12.8. The summed E-state index contributed by atoms with van der Waals surface area (Å²) >= 11 is 0. The van der Waals surface area contributed by atoms with Crippen molar-refractivity contribution in [2.45, 2.75) is 17.7 Å². The molecule has 30 heavy (non-hydrogen) atoms. The molecule has 2 aliphatic rings. The lowest BCUT2D eigenvalue weighted by Gasteiger charge is -2.33. The Morgan fingerprint density at radius 2 is 1.97 bits per heavy atom. The molecule has 4 rings (SSSR count). The van der Waals surface area contributed by atoms with Crippen LogP contribution >= 0.6 is 0 Å². The van der Waals surface area contributed by atoms with Crippen LogP contribution in [0.25, 0.3) is 0 Å².